The van der Waals surface area contributed by atoms with Crippen LogP contribution in [0, 0.1) is 6.92 Å². The Bertz CT molecular complexity index is 548. The van der Waals surface area contributed by atoms with Gasteiger partial charge in [0.2, 0.25) is 0 Å². The average molecular weight is 305 g/mol. The second-order valence-corrected chi connectivity index (χ2v) is 6.28. The largest absolute Gasteiger partial charge is 0.497 e. The Hall–Kier alpha value is -1.52. The van der Waals surface area contributed by atoms with Gasteiger partial charge >= 0.3 is 0 Å². The summed E-state index contributed by atoms with van der Waals surface area (Å²) in [6.45, 7) is 6.96. The van der Waals surface area contributed by atoms with Crippen LogP contribution in [-0.4, -0.2) is 13.7 Å². The van der Waals surface area contributed by atoms with Crippen LogP contribution in [0.15, 0.2) is 30.3 Å². The third kappa shape index (κ3) is 4.76. The highest BCUT2D eigenvalue weighted by Crippen LogP contribution is 2.24. The van der Waals surface area contributed by atoms with Crippen molar-refractivity contribution >= 4 is 11.3 Å². The smallest absolute Gasteiger partial charge is 0.120 e. The van der Waals surface area contributed by atoms with Crippen molar-refractivity contribution in [3.8, 4) is 11.5 Å². The second-order valence-electron chi connectivity index (χ2n) is 4.94. The van der Waals surface area contributed by atoms with Crippen LogP contribution in [0.2, 0.25) is 0 Å². The number of nitrogens with one attached hydrogen (secondary N) is 1. The summed E-state index contributed by atoms with van der Waals surface area (Å²) in [7, 11) is 1.67. The highest BCUT2D eigenvalue weighted by Gasteiger charge is 2.06. The van der Waals surface area contributed by atoms with Crippen molar-refractivity contribution in [3.05, 3.63) is 45.6 Å². The van der Waals surface area contributed by atoms with Crippen molar-refractivity contribution < 1.29 is 9.47 Å². The van der Waals surface area contributed by atoms with E-state index in [0.717, 1.165) is 31.0 Å². The molecule has 4 heteroatoms. The van der Waals surface area contributed by atoms with E-state index in [2.05, 4.69) is 25.2 Å². The molecule has 1 aromatic carbocycles. The van der Waals surface area contributed by atoms with Crippen molar-refractivity contribution in [3.63, 3.8) is 0 Å². The lowest BCUT2D eigenvalue weighted by atomic mass is 10.2. The molecule has 0 atom stereocenters. The van der Waals surface area contributed by atoms with Crippen LogP contribution in [0.3, 0.4) is 0 Å². The van der Waals surface area contributed by atoms with Crippen LogP contribution in [0.1, 0.15) is 28.7 Å². The Kier molecular flexibility index (Phi) is 6.08. The lowest BCUT2D eigenvalue weighted by Gasteiger charge is -2.06. The van der Waals surface area contributed by atoms with Crippen LogP contribution in [-0.2, 0) is 13.2 Å². The SMILES string of the molecule is CCCNCc1cc(COc2ccc(OC)cc2)c(C)s1. The fourth-order valence-electron chi connectivity index (χ4n) is 2.04. The van der Waals surface area contributed by atoms with Crippen LogP contribution in [0.25, 0.3) is 0 Å². The van der Waals surface area contributed by atoms with E-state index in [-0.39, 0.29) is 0 Å². The Morgan fingerprint density at radius 3 is 2.52 bits per heavy atom. The zero-order valence-electron chi connectivity index (χ0n) is 12.9. The highest BCUT2D eigenvalue weighted by atomic mass is 32.1. The first-order valence-corrected chi connectivity index (χ1v) is 8.10. The van der Waals surface area contributed by atoms with Gasteiger partial charge in [0.25, 0.3) is 0 Å². The van der Waals surface area contributed by atoms with Gasteiger partial charge < -0.3 is 14.8 Å². The minimum atomic E-state index is 0.614. The summed E-state index contributed by atoms with van der Waals surface area (Å²) in [6, 6.07) is 9.94. The third-order valence-corrected chi connectivity index (χ3v) is 4.34. The summed E-state index contributed by atoms with van der Waals surface area (Å²) in [5, 5.41) is 3.43. The Balaban J connectivity index is 1.89. The maximum absolute atomic E-state index is 5.84. The van der Waals surface area contributed by atoms with E-state index in [0.29, 0.717) is 6.61 Å². The zero-order valence-corrected chi connectivity index (χ0v) is 13.8. The van der Waals surface area contributed by atoms with Crippen molar-refractivity contribution in [1.29, 1.82) is 0 Å². The number of ether oxygens (including phenoxy) is 2. The molecule has 3 nitrogen and oxygen atoms in total. The molecule has 114 valence electrons. The number of rotatable bonds is 8. The quantitative estimate of drug-likeness (QED) is 0.743. The monoisotopic (exact) mass is 305 g/mol. The molecule has 21 heavy (non-hydrogen) atoms. The van der Waals surface area contributed by atoms with Gasteiger partial charge in [-0.2, -0.15) is 0 Å². The van der Waals surface area contributed by atoms with E-state index in [9.17, 15) is 0 Å². The van der Waals surface area contributed by atoms with E-state index in [4.69, 9.17) is 9.47 Å². The zero-order chi connectivity index (χ0) is 15.1. The van der Waals surface area contributed by atoms with Gasteiger partial charge in [-0.3, -0.25) is 0 Å². The summed E-state index contributed by atoms with van der Waals surface area (Å²) < 4.78 is 11.0. The molecule has 0 amide bonds. The summed E-state index contributed by atoms with van der Waals surface area (Å²) >= 11 is 1.84. The number of hydrogen-bond donors (Lipinski definition) is 1. The topological polar surface area (TPSA) is 30.5 Å². The van der Waals surface area contributed by atoms with Crippen LogP contribution >= 0.6 is 11.3 Å². The Morgan fingerprint density at radius 2 is 1.86 bits per heavy atom. The standard InChI is InChI=1S/C17H23NO2S/c1-4-9-18-11-17-10-14(13(2)21-17)12-20-16-7-5-15(19-3)6-8-16/h5-8,10,18H,4,9,11-12H2,1-3H3. The van der Waals surface area contributed by atoms with Crippen LogP contribution < -0.4 is 14.8 Å². The van der Waals surface area contributed by atoms with Crippen molar-refractivity contribution in [1.82, 2.24) is 5.32 Å². The summed E-state index contributed by atoms with van der Waals surface area (Å²) in [6.07, 6.45) is 1.16. The average Bonchev–Trinajstić information content (AvgIpc) is 2.86. The van der Waals surface area contributed by atoms with Gasteiger partial charge in [0, 0.05) is 21.9 Å². The molecule has 0 aliphatic rings. The first-order chi connectivity index (χ1) is 10.2. The molecular formula is C17H23NO2S. The molecule has 0 fully saturated rings. The molecule has 2 aromatic rings. The normalized spacial score (nSPS) is 10.6. The van der Waals surface area contributed by atoms with Gasteiger partial charge in [0.15, 0.2) is 0 Å². The van der Waals surface area contributed by atoms with Gasteiger partial charge in [0.05, 0.1) is 7.11 Å². The fraction of sp³-hybridized carbons (Fsp3) is 0.412. The predicted octanol–water partition coefficient (Wildman–Crippen LogP) is 4.14. The first kappa shape index (κ1) is 15.9. The third-order valence-electron chi connectivity index (χ3n) is 3.25. The fourth-order valence-corrected chi connectivity index (χ4v) is 3.06. The molecule has 2 rings (SSSR count). The number of methoxy groups -OCH3 is 1. The molecular weight excluding hydrogens is 282 g/mol. The lowest BCUT2D eigenvalue weighted by Crippen LogP contribution is -2.12. The molecule has 0 aliphatic heterocycles. The van der Waals surface area contributed by atoms with Crippen molar-refractivity contribution in [2.45, 2.75) is 33.4 Å². The van der Waals surface area contributed by atoms with Gasteiger partial charge in [-0.05, 0) is 50.2 Å². The maximum Gasteiger partial charge on any atom is 0.120 e. The van der Waals surface area contributed by atoms with Gasteiger partial charge in [0.1, 0.15) is 18.1 Å². The minimum Gasteiger partial charge on any atom is -0.497 e. The molecule has 0 saturated carbocycles. The summed E-state index contributed by atoms with van der Waals surface area (Å²) in [5.74, 6) is 1.71. The minimum absolute atomic E-state index is 0.614. The van der Waals surface area contributed by atoms with Gasteiger partial charge in [-0.15, -0.1) is 11.3 Å². The molecule has 0 radical (unpaired) electrons. The molecule has 1 N–H and O–H groups in total. The summed E-state index contributed by atoms with van der Waals surface area (Å²) in [5.41, 5.74) is 1.27. The number of benzene rings is 1. The number of aryl methyl sites for hydroxylation is 1. The van der Waals surface area contributed by atoms with Crippen LogP contribution in [0.4, 0.5) is 0 Å². The van der Waals surface area contributed by atoms with Crippen molar-refractivity contribution in [2.24, 2.45) is 0 Å². The molecule has 0 unspecified atom stereocenters. The molecule has 0 aliphatic carbocycles. The van der Waals surface area contributed by atoms with E-state index >= 15 is 0 Å². The molecule has 1 heterocycles. The molecule has 1 aromatic heterocycles. The maximum atomic E-state index is 5.84. The Morgan fingerprint density at radius 1 is 1.14 bits per heavy atom. The summed E-state index contributed by atoms with van der Waals surface area (Å²) in [4.78, 5) is 2.70. The van der Waals surface area contributed by atoms with Gasteiger partial charge in [-0.1, -0.05) is 6.92 Å². The number of thiophene rings is 1. The second kappa shape index (κ2) is 8.05. The molecule has 0 saturated heterocycles. The van der Waals surface area contributed by atoms with Crippen molar-refractivity contribution in [2.75, 3.05) is 13.7 Å². The van der Waals surface area contributed by atoms with E-state index in [1.165, 1.54) is 15.3 Å². The van der Waals surface area contributed by atoms with Crippen LogP contribution in [0.5, 0.6) is 11.5 Å². The molecule has 0 bridgehead atoms. The van der Waals surface area contributed by atoms with Gasteiger partial charge in [-0.25, -0.2) is 0 Å². The predicted molar refractivity (Wildman–Crippen MR) is 88.4 cm³/mol. The first-order valence-electron chi connectivity index (χ1n) is 7.28. The van der Waals surface area contributed by atoms with E-state index in [1.807, 2.05) is 35.6 Å². The molecule has 0 spiro atoms. The van der Waals surface area contributed by atoms with E-state index in [1.54, 1.807) is 7.11 Å². The number of hydrogen-bond acceptors (Lipinski definition) is 4. The van der Waals surface area contributed by atoms with E-state index < -0.39 is 0 Å². The lowest BCUT2D eigenvalue weighted by molar-refractivity contribution is 0.305. The Labute approximate surface area is 130 Å². The highest BCUT2D eigenvalue weighted by molar-refractivity contribution is 7.12.